The lowest BCUT2D eigenvalue weighted by atomic mass is 9.98. The average Bonchev–Trinajstić information content (AvgIpc) is 2.99. The number of nitrogens with one attached hydrogen (secondary N) is 1. The van der Waals surface area contributed by atoms with Gasteiger partial charge >= 0.3 is 0 Å². The van der Waals surface area contributed by atoms with Crippen molar-refractivity contribution in [3.63, 3.8) is 0 Å². The number of likely N-dealkylation sites (tertiary alicyclic amines) is 1. The molecule has 0 radical (unpaired) electrons. The van der Waals surface area contributed by atoms with E-state index in [2.05, 4.69) is 22.2 Å². The number of nitrogens with zero attached hydrogens (tertiary/aromatic N) is 2. The molecule has 4 nitrogen and oxygen atoms in total. The standard InChI is InChI=1S/C17H21ClFN3OS/c1-22-7-5-12(6-8-22)11-23-15-4-2-3-14(19)16(15)20-9-13-10-21-17(18)24-13/h2-4,10,12,20H,5-9,11H2,1H3. The van der Waals surface area contributed by atoms with E-state index >= 15 is 0 Å². The number of aromatic nitrogens is 1. The van der Waals surface area contributed by atoms with Gasteiger partial charge in [0, 0.05) is 11.1 Å². The molecule has 2 aromatic rings. The molecule has 7 heteroatoms. The first-order valence-electron chi connectivity index (χ1n) is 8.06. The van der Waals surface area contributed by atoms with Gasteiger partial charge in [0.25, 0.3) is 0 Å². The van der Waals surface area contributed by atoms with Crippen LogP contribution < -0.4 is 10.1 Å². The number of rotatable bonds is 6. The predicted octanol–water partition coefficient (Wildman–Crippen LogP) is 4.27. The summed E-state index contributed by atoms with van der Waals surface area (Å²) in [7, 11) is 2.14. The lowest BCUT2D eigenvalue weighted by Gasteiger charge is -2.29. The van der Waals surface area contributed by atoms with Gasteiger partial charge in [-0.05, 0) is 51.0 Å². The average molecular weight is 370 g/mol. The molecule has 0 spiro atoms. The predicted molar refractivity (Wildman–Crippen MR) is 96.6 cm³/mol. The minimum Gasteiger partial charge on any atom is -0.491 e. The van der Waals surface area contributed by atoms with Gasteiger partial charge in [-0.2, -0.15) is 0 Å². The van der Waals surface area contributed by atoms with Crippen molar-refractivity contribution in [1.82, 2.24) is 9.88 Å². The van der Waals surface area contributed by atoms with Crippen molar-refractivity contribution in [3.8, 4) is 5.75 Å². The molecular formula is C17H21ClFN3OS. The van der Waals surface area contributed by atoms with Gasteiger partial charge in [0.05, 0.1) is 13.2 Å². The Kier molecular flexibility index (Phi) is 5.92. The number of hydrogen-bond acceptors (Lipinski definition) is 5. The van der Waals surface area contributed by atoms with Gasteiger partial charge in [0.1, 0.15) is 17.3 Å². The normalized spacial score (nSPS) is 16.3. The molecule has 1 fully saturated rings. The number of halogens is 2. The Hall–Kier alpha value is -1.37. The van der Waals surface area contributed by atoms with Crippen LogP contribution in [0.3, 0.4) is 0 Å². The summed E-state index contributed by atoms with van der Waals surface area (Å²) in [5.74, 6) is 0.772. The van der Waals surface area contributed by atoms with Gasteiger partial charge < -0.3 is 15.0 Å². The lowest BCUT2D eigenvalue weighted by molar-refractivity contribution is 0.160. The molecule has 1 aromatic carbocycles. The second-order valence-electron chi connectivity index (χ2n) is 6.10. The van der Waals surface area contributed by atoms with Crippen LogP contribution >= 0.6 is 22.9 Å². The van der Waals surface area contributed by atoms with Crippen LogP contribution in [0.4, 0.5) is 10.1 Å². The quantitative estimate of drug-likeness (QED) is 0.825. The van der Waals surface area contributed by atoms with Crippen molar-refractivity contribution in [1.29, 1.82) is 0 Å². The molecule has 0 amide bonds. The van der Waals surface area contributed by atoms with E-state index in [4.69, 9.17) is 16.3 Å². The Labute approximate surface area is 150 Å². The third-order valence-electron chi connectivity index (χ3n) is 4.25. The monoisotopic (exact) mass is 369 g/mol. The zero-order valence-corrected chi connectivity index (χ0v) is 15.2. The molecule has 1 aliphatic heterocycles. The topological polar surface area (TPSA) is 37.4 Å². The Bertz CT molecular complexity index is 674. The Morgan fingerprint density at radius 3 is 2.92 bits per heavy atom. The van der Waals surface area contributed by atoms with Crippen LogP contribution in [0.1, 0.15) is 17.7 Å². The molecule has 1 aliphatic rings. The van der Waals surface area contributed by atoms with E-state index in [1.54, 1.807) is 18.3 Å². The molecular weight excluding hydrogens is 349 g/mol. The van der Waals surface area contributed by atoms with Crippen molar-refractivity contribution in [2.75, 3.05) is 32.1 Å². The summed E-state index contributed by atoms with van der Waals surface area (Å²) in [6.07, 6.45) is 3.93. The fourth-order valence-corrected chi connectivity index (χ4v) is 3.69. The Morgan fingerprint density at radius 1 is 1.42 bits per heavy atom. The first-order chi connectivity index (χ1) is 11.6. The lowest BCUT2D eigenvalue weighted by Crippen LogP contribution is -2.32. The van der Waals surface area contributed by atoms with Crippen LogP contribution in [0.15, 0.2) is 24.4 Å². The zero-order valence-electron chi connectivity index (χ0n) is 13.6. The Balaban J connectivity index is 1.61. The van der Waals surface area contributed by atoms with E-state index in [-0.39, 0.29) is 5.82 Å². The molecule has 130 valence electrons. The number of hydrogen-bond donors (Lipinski definition) is 1. The summed E-state index contributed by atoms with van der Waals surface area (Å²) >= 11 is 7.21. The van der Waals surface area contributed by atoms with E-state index in [1.807, 2.05) is 0 Å². The zero-order chi connectivity index (χ0) is 16.9. The first kappa shape index (κ1) is 17.5. The second kappa shape index (κ2) is 8.14. The van der Waals surface area contributed by atoms with Crippen LogP contribution in [-0.4, -0.2) is 36.6 Å². The maximum atomic E-state index is 14.2. The number of ether oxygens (including phenoxy) is 1. The molecule has 3 rings (SSSR count). The van der Waals surface area contributed by atoms with E-state index < -0.39 is 0 Å². The highest BCUT2D eigenvalue weighted by Crippen LogP contribution is 2.30. The van der Waals surface area contributed by atoms with E-state index in [0.717, 1.165) is 30.8 Å². The molecule has 0 unspecified atom stereocenters. The minimum atomic E-state index is -0.313. The van der Waals surface area contributed by atoms with Crippen molar-refractivity contribution in [3.05, 3.63) is 39.6 Å². The molecule has 24 heavy (non-hydrogen) atoms. The third-order valence-corrected chi connectivity index (χ3v) is 5.37. The highest BCUT2D eigenvalue weighted by Gasteiger charge is 2.18. The van der Waals surface area contributed by atoms with Gasteiger partial charge in [-0.25, -0.2) is 9.37 Å². The smallest absolute Gasteiger partial charge is 0.183 e. The van der Waals surface area contributed by atoms with Crippen molar-refractivity contribution in [2.45, 2.75) is 19.4 Å². The maximum Gasteiger partial charge on any atom is 0.183 e. The highest BCUT2D eigenvalue weighted by molar-refractivity contribution is 7.15. The second-order valence-corrected chi connectivity index (χ2v) is 7.80. The van der Waals surface area contributed by atoms with Crippen molar-refractivity contribution in [2.24, 2.45) is 5.92 Å². The summed E-state index contributed by atoms with van der Waals surface area (Å²) < 4.78 is 20.6. The van der Waals surface area contributed by atoms with Gasteiger partial charge in [-0.15, -0.1) is 11.3 Å². The van der Waals surface area contributed by atoms with Crippen LogP contribution in [-0.2, 0) is 6.54 Å². The SMILES string of the molecule is CN1CCC(COc2cccc(F)c2NCc2cnc(Cl)s2)CC1. The van der Waals surface area contributed by atoms with E-state index in [9.17, 15) is 4.39 Å². The van der Waals surface area contributed by atoms with Crippen LogP contribution in [0.25, 0.3) is 0 Å². The van der Waals surface area contributed by atoms with E-state index in [1.165, 1.54) is 17.4 Å². The summed E-state index contributed by atoms with van der Waals surface area (Å²) in [5, 5.41) is 3.11. The molecule has 1 saturated heterocycles. The molecule has 0 aliphatic carbocycles. The largest absolute Gasteiger partial charge is 0.491 e. The summed E-state index contributed by atoms with van der Waals surface area (Å²) in [6, 6.07) is 4.92. The third kappa shape index (κ3) is 4.59. The van der Waals surface area contributed by atoms with Gasteiger partial charge in [0.2, 0.25) is 0 Å². The summed E-state index contributed by atoms with van der Waals surface area (Å²) in [5.41, 5.74) is 0.398. The van der Waals surface area contributed by atoms with Gasteiger partial charge in [0.15, 0.2) is 4.47 Å². The number of thiazole rings is 1. The first-order valence-corrected chi connectivity index (χ1v) is 9.25. The minimum absolute atomic E-state index is 0.313. The fourth-order valence-electron chi connectivity index (χ4n) is 2.77. The number of anilines is 1. The summed E-state index contributed by atoms with van der Waals surface area (Å²) in [6.45, 7) is 3.27. The van der Waals surface area contributed by atoms with Gasteiger partial charge in [-0.3, -0.25) is 0 Å². The highest BCUT2D eigenvalue weighted by atomic mass is 35.5. The van der Waals surface area contributed by atoms with Crippen molar-refractivity contribution >= 4 is 28.6 Å². The molecule has 0 atom stereocenters. The molecule has 0 bridgehead atoms. The number of piperidine rings is 1. The molecule has 0 saturated carbocycles. The Morgan fingerprint density at radius 2 is 2.21 bits per heavy atom. The number of para-hydroxylation sites is 1. The van der Waals surface area contributed by atoms with Crippen molar-refractivity contribution < 1.29 is 9.13 Å². The van der Waals surface area contributed by atoms with E-state index in [0.29, 0.717) is 35.0 Å². The van der Waals surface area contributed by atoms with Crippen LogP contribution in [0.5, 0.6) is 5.75 Å². The molecule has 2 heterocycles. The van der Waals surface area contributed by atoms with Crippen LogP contribution in [0.2, 0.25) is 4.47 Å². The molecule has 1 N–H and O–H groups in total. The maximum absolute atomic E-state index is 14.2. The summed E-state index contributed by atoms with van der Waals surface area (Å²) in [4.78, 5) is 7.27. The molecule has 1 aromatic heterocycles. The van der Waals surface area contributed by atoms with Crippen LogP contribution in [0, 0.1) is 11.7 Å². The number of benzene rings is 1. The fraction of sp³-hybridized carbons (Fsp3) is 0.471. The van der Waals surface area contributed by atoms with Gasteiger partial charge in [-0.1, -0.05) is 17.7 Å².